The molecule has 0 N–H and O–H groups in total. The molecule has 0 aliphatic heterocycles. The predicted molar refractivity (Wildman–Crippen MR) is 79.5 cm³/mol. The summed E-state index contributed by atoms with van der Waals surface area (Å²) < 4.78 is 5.98. The predicted octanol–water partition coefficient (Wildman–Crippen LogP) is 4.35. The van der Waals surface area contributed by atoms with Crippen LogP contribution in [0.3, 0.4) is 0 Å². The summed E-state index contributed by atoms with van der Waals surface area (Å²) in [6.45, 7) is 2.06. The number of hydrogen-bond acceptors (Lipinski definition) is 3. The second-order valence-electron chi connectivity index (χ2n) is 4.85. The quantitative estimate of drug-likeness (QED) is 0.510. The highest BCUT2D eigenvalue weighted by atomic mass is 16.3. The van der Waals surface area contributed by atoms with Gasteiger partial charge in [0, 0.05) is 23.3 Å². The monoisotopic (exact) mass is 260 g/mol. The van der Waals surface area contributed by atoms with Crippen LogP contribution in [0.4, 0.5) is 0 Å². The average Bonchev–Trinajstić information content (AvgIpc) is 2.86. The number of furan rings is 1. The first-order valence-corrected chi connectivity index (χ1v) is 6.52. The smallest absolute Gasteiger partial charge is 0.153 e. The molecule has 0 saturated carbocycles. The molecule has 0 amide bonds. The molecule has 0 aliphatic carbocycles. The standard InChI is InChI=1S/C17H12N2O/c1-11-7-9-18-14(10-11)12-4-2-5-13-16-15(20-17(12)13)6-3-8-19-16/h2-10H,1H3. The Labute approximate surface area is 115 Å². The number of nitrogens with zero attached hydrogens (tertiary/aromatic N) is 2. The van der Waals surface area contributed by atoms with Gasteiger partial charge in [0.05, 0.1) is 5.69 Å². The Kier molecular flexibility index (Phi) is 2.33. The maximum atomic E-state index is 5.98. The first-order valence-electron chi connectivity index (χ1n) is 6.52. The van der Waals surface area contributed by atoms with Gasteiger partial charge in [0.25, 0.3) is 0 Å². The van der Waals surface area contributed by atoms with E-state index in [1.807, 2.05) is 42.6 Å². The Balaban J connectivity index is 2.10. The van der Waals surface area contributed by atoms with Gasteiger partial charge in [-0.1, -0.05) is 6.07 Å². The van der Waals surface area contributed by atoms with Crippen LogP contribution < -0.4 is 0 Å². The van der Waals surface area contributed by atoms with Crippen molar-refractivity contribution >= 4 is 22.1 Å². The zero-order valence-electron chi connectivity index (χ0n) is 11.0. The van der Waals surface area contributed by atoms with Crippen LogP contribution in [0.1, 0.15) is 5.56 Å². The lowest BCUT2D eigenvalue weighted by Gasteiger charge is -2.02. The first kappa shape index (κ1) is 11.2. The topological polar surface area (TPSA) is 38.9 Å². The number of hydrogen-bond donors (Lipinski definition) is 0. The highest BCUT2D eigenvalue weighted by molar-refractivity contribution is 6.07. The summed E-state index contributed by atoms with van der Waals surface area (Å²) in [5, 5.41) is 1.03. The zero-order valence-corrected chi connectivity index (χ0v) is 11.0. The van der Waals surface area contributed by atoms with Crippen molar-refractivity contribution in [3.05, 3.63) is 60.4 Å². The lowest BCUT2D eigenvalue weighted by atomic mass is 10.1. The lowest BCUT2D eigenvalue weighted by Crippen LogP contribution is -1.84. The second kappa shape index (κ2) is 4.17. The fraction of sp³-hybridized carbons (Fsp3) is 0.0588. The Bertz CT molecular complexity index is 924. The van der Waals surface area contributed by atoms with Gasteiger partial charge in [0.2, 0.25) is 0 Å². The minimum Gasteiger partial charge on any atom is -0.454 e. The van der Waals surface area contributed by atoms with Crippen molar-refractivity contribution < 1.29 is 4.42 Å². The molecule has 4 aromatic rings. The van der Waals surface area contributed by atoms with E-state index in [-0.39, 0.29) is 0 Å². The molecule has 0 bridgehead atoms. The fourth-order valence-corrected chi connectivity index (χ4v) is 2.50. The molecule has 0 saturated heterocycles. The molecule has 96 valence electrons. The number of aromatic nitrogens is 2. The van der Waals surface area contributed by atoms with E-state index < -0.39 is 0 Å². The number of benzene rings is 1. The van der Waals surface area contributed by atoms with Crippen LogP contribution in [0.5, 0.6) is 0 Å². The van der Waals surface area contributed by atoms with E-state index in [1.165, 1.54) is 5.56 Å². The van der Waals surface area contributed by atoms with Crippen LogP contribution in [0.25, 0.3) is 33.3 Å². The van der Waals surface area contributed by atoms with Crippen molar-refractivity contribution in [3.63, 3.8) is 0 Å². The van der Waals surface area contributed by atoms with Gasteiger partial charge in [0.15, 0.2) is 5.58 Å². The Morgan fingerprint density at radius 1 is 0.950 bits per heavy atom. The summed E-state index contributed by atoms with van der Waals surface area (Å²) >= 11 is 0. The summed E-state index contributed by atoms with van der Waals surface area (Å²) in [6.07, 6.45) is 3.61. The van der Waals surface area contributed by atoms with E-state index >= 15 is 0 Å². The number of rotatable bonds is 1. The zero-order chi connectivity index (χ0) is 13.5. The molecule has 0 radical (unpaired) electrons. The van der Waals surface area contributed by atoms with Gasteiger partial charge >= 0.3 is 0 Å². The van der Waals surface area contributed by atoms with Gasteiger partial charge in [-0.05, 0) is 48.9 Å². The summed E-state index contributed by atoms with van der Waals surface area (Å²) in [5.41, 5.74) is 5.67. The Morgan fingerprint density at radius 3 is 2.80 bits per heavy atom. The minimum atomic E-state index is 0.808. The molecule has 0 fully saturated rings. The van der Waals surface area contributed by atoms with Crippen LogP contribution in [-0.4, -0.2) is 9.97 Å². The second-order valence-corrected chi connectivity index (χ2v) is 4.85. The third kappa shape index (κ3) is 1.60. The Morgan fingerprint density at radius 2 is 1.90 bits per heavy atom. The average molecular weight is 260 g/mol. The molecule has 0 spiro atoms. The number of pyridine rings is 2. The molecule has 1 aromatic carbocycles. The number of fused-ring (bicyclic) bond motifs is 3. The van der Waals surface area contributed by atoms with Crippen LogP contribution in [-0.2, 0) is 0 Å². The van der Waals surface area contributed by atoms with Gasteiger partial charge < -0.3 is 4.42 Å². The third-order valence-corrected chi connectivity index (χ3v) is 3.44. The maximum Gasteiger partial charge on any atom is 0.153 e. The minimum absolute atomic E-state index is 0.808. The van der Waals surface area contributed by atoms with E-state index in [0.717, 1.165) is 33.3 Å². The molecule has 3 nitrogen and oxygen atoms in total. The molecule has 4 rings (SSSR count). The summed E-state index contributed by atoms with van der Waals surface area (Å²) in [4.78, 5) is 8.86. The van der Waals surface area contributed by atoms with Crippen molar-refractivity contribution in [2.45, 2.75) is 6.92 Å². The van der Waals surface area contributed by atoms with Crippen molar-refractivity contribution in [3.8, 4) is 11.3 Å². The van der Waals surface area contributed by atoms with Crippen LogP contribution in [0.15, 0.2) is 59.3 Å². The number of para-hydroxylation sites is 1. The highest BCUT2D eigenvalue weighted by Crippen LogP contribution is 2.33. The van der Waals surface area contributed by atoms with Crippen LogP contribution >= 0.6 is 0 Å². The van der Waals surface area contributed by atoms with Crippen molar-refractivity contribution in [1.82, 2.24) is 9.97 Å². The largest absolute Gasteiger partial charge is 0.454 e. The van der Waals surface area contributed by atoms with Crippen LogP contribution in [0.2, 0.25) is 0 Å². The highest BCUT2D eigenvalue weighted by Gasteiger charge is 2.13. The SMILES string of the molecule is Cc1ccnc(-c2cccc3c2oc2cccnc23)c1. The van der Waals surface area contributed by atoms with E-state index in [9.17, 15) is 0 Å². The summed E-state index contributed by atoms with van der Waals surface area (Å²) in [5.74, 6) is 0. The number of aryl methyl sites for hydroxylation is 1. The molecule has 3 aromatic heterocycles. The van der Waals surface area contributed by atoms with E-state index in [2.05, 4.69) is 23.0 Å². The lowest BCUT2D eigenvalue weighted by molar-refractivity contribution is 0.669. The molecule has 0 atom stereocenters. The van der Waals surface area contributed by atoms with Gasteiger partial charge in [-0.3, -0.25) is 9.97 Å². The normalized spacial score (nSPS) is 11.2. The molecule has 0 unspecified atom stereocenters. The summed E-state index contributed by atoms with van der Waals surface area (Å²) in [6, 6.07) is 14.0. The van der Waals surface area contributed by atoms with Gasteiger partial charge in [-0.25, -0.2) is 0 Å². The molecular weight excluding hydrogens is 248 g/mol. The molecule has 3 heteroatoms. The van der Waals surface area contributed by atoms with Gasteiger partial charge in [-0.15, -0.1) is 0 Å². The van der Waals surface area contributed by atoms with Gasteiger partial charge in [0.1, 0.15) is 11.1 Å². The molecule has 0 aliphatic rings. The fourth-order valence-electron chi connectivity index (χ4n) is 2.50. The van der Waals surface area contributed by atoms with Gasteiger partial charge in [-0.2, -0.15) is 0 Å². The van der Waals surface area contributed by atoms with E-state index in [4.69, 9.17) is 4.42 Å². The first-order chi connectivity index (χ1) is 9.83. The molecular formula is C17H12N2O. The molecule has 3 heterocycles. The Hall–Kier alpha value is -2.68. The summed E-state index contributed by atoms with van der Waals surface area (Å²) in [7, 11) is 0. The third-order valence-electron chi connectivity index (χ3n) is 3.44. The van der Waals surface area contributed by atoms with Crippen molar-refractivity contribution in [2.75, 3.05) is 0 Å². The molecule has 20 heavy (non-hydrogen) atoms. The van der Waals surface area contributed by atoms with E-state index in [0.29, 0.717) is 0 Å². The van der Waals surface area contributed by atoms with Crippen LogP contribution in [0, 0.1) is 6.92 Å². The van der Waals surface area contributed by atoms with E-state index in [1.54, 1.807) is 6.20 Å². The maximum absolute atomic E-state index is 5.98. The van der Waals surface area contributed by atoms with Crippen molar-refractivity contribution in [1.29, 1.82) is 0 Å². The van der Waals surface area contributed by atoms with Crippen molar-refractivity contribution in [2.24, 2.45) is 0 Å².